The van der Waals surface area contributed by atoms with Gasteiger partial charge in [0.05, 0.1) is 11.8 Å². The highest BCUT2D eigenvalue weighted by Crippen LogP contribution is 2.38. The van der Waals surface area contributed by atoms with E-state index >= 15 is 0 Å². The van der Waals surface area contributed by atoms with Crippen LogP contribution in [-0.4, -0.2) is 22.2 Å². The molecule has 1 unspecified atom stereocenters. The SMILES string of the molecule is CC1CCN(C(=O)c2cnn(-c3ccccc3F)c2C(F)(F)F)c2ccccc21. The van der Waals surface area contributed by atoms with Crippen LogP contribution in [0.3, 0.4) is 0 Å². The number of anilines is 1. The Balaban J connectivity index is 1.84. The van der Waals surface area contributed by atoms with Crippen LogP contribution in [0.25, 0.3) is 5.69 Å². The van der Waals surface area contributed by atoms with Gasteiger partial charge in [-0.2, -0.15) is 18.3 Å². The zero-order valence-corrected chi connectivity index (χ0v) is 15.4. The average molecular weight is 403 g/mol. The van der Waals surface area contributed by atoms with E-state index in [0.717, 1.165) is 17.8 Å². The maximum Gasteiger partial charge on any atom is 0.434 e. The smallest absolute Gasteiger partial charge is 0.308 e. The molecule has 1 aromatic heterocycles. The number of fused-ring (bicyclic) bond motifs is 1. The van der Waals surface area contributed by atoms with Gasteiger partial charge in [0.15, 0.2) is 5.69 Å². The zero-order valence-electron chi connectivity index (χ0n) is 15.4. The van der Waals surface area contributed by atoms with Crippen molar-refractivity contribution < 1.29 is 22.4 Å². The van der Waals surface area contributed by atoms with E-state index in [1.165, 1.54) is 23.1 Å². The van der Waals surface area contributed by atoms with Gasteiger partial charge in [0.25, 0.3) is 5.91 Å². The highest BCUT2D eigenvalue weighted by Gasteiger charge is 2.42. The van der Waals surface area contributed by atoms with Gasteiger partial charge in [-0.25, -0.2) is 9.07 Å². The highest BCUT2D eigenvalue weighted by atomic mass is 19.4. The van der Waals surface area contributed by atoms with Crippen molar-refractivity contribution in [1.29, 1.82) is 0 Å². The van der Waals surface area contributed by atoms with Crippen molar-refractivity contribution >= 4 is 11.6 Å². The van der Waals surface area contributed by atoms with Crippen molar-refractivity contribution in [2.45, 2.75) is 25.4 Å². The minimum atomic E-state index is -4.90. The summed E-state index contributed by atoms with van der Waals surface area (Å²) in [4.78, 5) is 14.5. The van der Waals surface area contributed by atoms with Crippen LogP contribution in [0.5, 0.6) is 0 Å². The quantitative estimate of drug-likeness (QED) is 0.553. The van der Waals surface area contributed by atoms with Crippen LogP contribution in [0.15, 0.2) is 54.7 Å². The van der Waals surface area contributed by atoms with E-state index in [0.29, 0.717) is 23.3 Å². The van der Waals surface area contributed by atoms with Crippen molar-refractivity contribution in [3.63, 3.8) is 0 Å². The molecule has 4 nitrogen and oxygen atoms in total. The molecule has 8 heteroatoms. The van der Waals surface area contributed by atoms with Crippen molar-refractivity contribution in [3.05, 3.63) is 77.4 Å². The van der Waals surface area contributed by atoms with Crippen LogP contribution in [-0.2, 0) is 6.18 Å². The van der Waals surface area contributed by atoms with E-state index in [4.69, 9.17) is 0 Å². The summed E-state index contributed by atoms with van der Waals surface area (Å²) < 4.78 is 56.2. The van der Waals surface area contributed by atoms with E-state index in [1.807, 2.05) is 19.1 Å². The molecular weight excluding hydrogens is 386 g/mol. The van der Waals surface area contributed by atoms with Gasteiger partial charge in [-0.1, -0.05) is 37.3 Å². The fourth-order valence-electron chi connectivity index (χ4n) is 3.69. The van der Waals surface area contributed by atoms with Crippen molar-refractivity contribution in [3.8, 4) is 5.69 Å². The molecule has 1 aliphatic heterocycles. The van der Waals surface area contributed by atoms with Crippen LogP contribution >= 0.6 is 0 Å². The standard InChI is InChI=1S/C21H17F4N3O/c1-13-10-11-27(17-8-4-2-6-14(13)17)20(29)15-12-26-28(19(15)21(23,24)25)18-9-5-3-7-16(18)22/h2-9,12-13H,10-11H2,1H3. The Morgan fingerprint density at radius 3 is 2.41 bits per heavy atom. The first-order valence-electron chi connectivity index (χ1n) is 9.10. The summed E-state index contributed by atoms with van der Waals surface area (Å²) in [5.41, 5.74) is -0.773. The first kappa shape index (κ1) is 19.2. The monoisotopic (exact) mass is 403 g/mol. The normalized spacial score (nSPS) is 16.6. The number of benzene rings is 2. The molecule has 2 aromatic carbocycles. The molecular formula is C21H17F4N3O. The zero-order chi connectivity index (χ0) is 20.8. The van der Waals surface area contributed by atoms with Gasteiger partial charge in [-0.15, -0.1) is 0 Å². The predicted molar refractivity (Wildman–Crippen MR) is 99.7 cm³/mol. The Labute approximate surface area is 164 Å². The number of carbonyl (C=O) groups is 1. The molecule has 29 heavy (non-hydrogen) atoms. The van der Waals surface area contributed by atoms with Crippen LogP contribution in [0, 0.1) is 5.82 Å². The third kappa shape index (κ3) is 3.28. The lowest BCUT2D eigenvalue weighted by Crippen LogP contribution is -2.37. The second-order valence-corrected chi connectivity index (χ2v) is 6.97. The molecule has 0 saturated carbocycles. The molecule has 0 radical (unpaired) electrons. The number of alkyl halides is 3. The highest BCUT2D eigenvalue weighted by molar-refractivity contribution is 6.07. The van der Waals surface area contributed by atoms with Crippen molar-refractivity contribution in [2.75, 3.05) is 11.4 Å². The van der Waals surface area contributed by atoms with Gasteiger partial charge >= 0.3 is 6.18 Å². The fraction of sp³-hybridized carbons (Fsp3) is 0.238. The molecule has 0 saturated heterocycles. The molecule has 1 aliphatic rings. The fourth-order valence-corrected chi connectivity index (χ4v) is 3.69. The summed E-state index contributed by atoms with van der Waals surface area (Å²) in [5, 5.41) is 3.71. The molecule has 1 atom stereocenters. The molecule has 2 heterocycles. The summed E-state index contributed by atoms with van der Waals surface area (Å²) in [6, 6.07) is 12.2. The third-order valence-electron chi connectivity index (χ3n) is 5.14. The maximum atomic E-state index is 14.1. The first-order valence-corrected chi connectivity index (χ1v) is 9.10. The van der Waals surface area contributed by atoms with Gasteiger partial charge in [0, 0.05) is 12.2 Å². The molecule has 0 fully saturated rings. The molecule has 0 N–H and O–H groups in total. The number of para-hydroxylation sites is 2. The minimum absolute atomic E-state index is 0.193. The summed E-state index contributed by atoms with van der Waals surface area (Å²) in [7, 11) is 0. The Kier molecular flexibility index (Phi) is 4.64. The molecule has 0 bridgehead atoms. The van der Waals surface area contributed by atoms with Crippen LogP contribution in [0.4, 0.5) is 23.2 Å². The van der Waals surface area contributed by atoms with Gasteiger partial charge in [0.1, 0.15) is 11.5 Å². The molecule has 1 amide bonds. The molecule has 4 rings (SSSR count). The lowest BCUT2D eigenvalue weighted by atomic mass is 9.91. The number of halogens is 4. The number of carbonyl (C=O) groups excluding carboxylic acids is 1. The van der Waals surface area contributed by atoms with Crippen LogP contribution < -0.4 is 4.90 Å². The van der Waals surface area contributed by atoms with Crippen LogP contribution in [0.2, 0.25) is 0 Å². The van der Waals surface area contributed by atoms with Crippen molar-refractivity contribution in [2.24, 2.45) is 0 Å². The first-order chi connectivity index (χ1) is 13.8. The molecule has 0 spiro atoms. The van der Waals surface area contributed by atoms with Crippen LogP contribution in [0.1, 0.15) is 40.9 Å². The molecule has 0 aliphatic carbocycles. The van der Waals surface area contributed by atoms with Gasteiger partial charge in [-0.3, -0.25) is 4.79 Å². The van der Waals surface area contributed by atoms with Gasteiger partial charge in [0.2, 0.25) is 0 Å². The maximum absolute atomic E-state index is 14.1. The summed E-state index contributed by atoms with van der Waals surface area (Å²) >= 11 is 0. The van der Waals surface area contributed by atoms with Crippen molar-refractivity contribution in [1.82, 2.24) is 9.78 Å². The lowest BCUT2D eigenvalue weighted by molar-refractivity contribution is -0.143. The average Bonchev–Trinajstić information content (AvgIpc) is 3.14. The summed E-state index contributed by atoms with van der Waals surface area (Å²) in [6.07, 6.45) is -3.41. The van der Waals surface area contributed by atoms with E-state index in [9.17, 15) is 22.4 Å². The Morgan fingerprint density at radius 1 is 1.07 bits per heavy atom. The Bertz CT molecular complexity index is 1070. The van der Waals surface area contributed by atoms with Gasteiger partial charge in [-0.05, 0) is 36.1 Å². The van der Waals surface area contributed by atoms with E-state index in [2.05, 4.69) is 5.10 Å². The second kappa shape index (κ2) is 7.02. The Morgan fingerprint density at radius 2 is 1.72 bits per heavy atom. The van der Waals surface area contributed by atoms with E-state index in [-0.39, 0.29) is 11.6 Å². The Hall–Kier alpha value is -3.16. The number of hydrogen-bond donors (Lipinski definition) is 0. The second-order valence-electron chi connectivity index (χ2n) is 6.97. The third-order valence-corrected chi connectivity index (χ3v) is 5.14. The summed E-state index contributed by atoms with van der Waals surface area (Å²) in [6.45, 7) is 2.30. The van der Waals surface area contributed by atoms with E-state index in [1.54, 1.807) is 12.1 Å². The molecule has 150 valence electrons. The number of rotatable bonds is 2. The molecule has 3 aromatic rings. The van der Waals surface area contributed by atoms with Gasteiger partial charge < -0.3 is 4.90 Å². The number of nitrogens with zero attached hydrogens (tertiary/aromatic N) is 3. The summed E-state index contributed by atoms with van der Waals surface area (Å²) in [5.74, 6) is -1.48. The number of aromatic nitrogens is 2. The topological polar surface area (TPSA) is 38.1 Å². The van der Waals surface area contributed by atoms with E-state index < -0.39 is 29.2 Å². The number of hydrogen-bond acceptors (Lipinski definition) is 2. The lowest BCUT2D eigenvalue weighted by Gasteiger charge is -2.33. The largest absolute Gasteiger partial charge is 0.434 e. The number of amides is 1. The minimum Gasteiger partial charge on any atom is -0.308 e. The predicted octanol–water partition coefficient (Wildman–Crippen LogP) is 5.18.